The quantitative estimate of drug-likeness (QED) is 0.172. The molecular weight excluding hydrogens is 629 g/mol. The van der Waals surface area contributed by atoms with E-state index in [0.29, 0.717) is 0 Å². The van der Waals surface area contributed by atoms with Crippen LogP contribution < -0.4 is 4.90 Å². The first-order valence-corrected chi connectivity index (χ1v) is 17.9. The van der Waals surface area contributed by atoms with Crippen molar-refractivity contribution < 1.29 is 0 Å². The smallest absolute Gasteiger partial charge is 0.0541 e. The summed E-state index contributed by atoms with van der Waals surface area (Å²) in [6.45, 7) is 0. The van der Waals surface area contributed by atoms with Crippen LogP contribution in [0, 0.1) is 0 Å². The lowest BCUT2D eigenvalue weighted by molar-refractivity contribution is 1.18. The van der Waals surface area contributed by atoms with E-state index in [-0.39, 0.29) is 0 Å². The van der Waals surface area contributed by atoms with E-state index in [4.69, 9.17) is 0 Å². The highest BCUT2D eigenvalue weighted by Crippen LogP contribution is 2.44. The molecule has 0 radical (unpaired) electrons. The number of fused-ring (bicyclic) bond motifs is 5. The lowest BCUT2D eigenvalue weighted by Crippen LogP contribution is -2.11. The fraction of sp³-hybridized carbons (Fsp3) is 0. The third kappa shape index (κ3) is 5.04. The average molecular weight is 663 g/mol. The molecule has 1 heterocycles. The molecule has 0 amide bonds. The van der Waals surface area contributed by atoms with Gasteiger partial charge in [0, 0.05) is 33.2 Å². The summed E-state index contributed by atoms with van der Waals surface area (Å²) in [6.07, 6.45) is 0. The van der Waals surface area contributed by atoms with E-state index < -0.39 is 0 Å². The van der Waals surface area contributed by atoms with Crippen LogP contribution in [0.5, 0.6) is 0 Å². The summed E-state index contributed by atoms with van der Waals surface area (Å²) in [5, 5.41) is 7.40. The highest BCUT2D eigenvalue weighted by Gasteiger charge is 2.19. The molecule has 0 aliphatic heterocycles. The molecule has 10 rings (SSSR count). The van der Waals surface area contributed by atoms with Gasteiger partial charge in [0.25, 0.3) is 0 Å². The monoisotopic (exact) mass is 662 g/mol. The molecule has 244 valence electrons. The largest absolute Gasteiger partial charge is 0.310 e. The Morgan fingerprint density at radius 1 is 0.327 bits per heavy atom. The SMILES string of the molecule is c1ccc(-c2cc(N(c3ccc4ccccc4c3)c3cccc4ccccc34)ccc2-c2cccc(-n3c4ccccc4c4ccccc43)c2)cc1. The first kappa shape index (κ1) is 30.0. The normalized spacial score (nSPS) is 11.5. The maximum atomic E-state index is 2.42. The molecule has 0 aliphatic rings. The Hall–Kier alpha value is -6.90. The fourth-order valence-corrected chi connectivity index (χ4v) is 7.94. The Bertz CT molecular complexity index is 2860. The van der Waals surface area contributed by atoms with Gasteiger partial charge in [-0.2, -0.15) is 0 Å². The molecule has 9 aromatic carbocycles. The van der Waals surface area contributed by atoms with Gasteiger partial charge in [-0.15, -0.1) is 0 Å². The molecule has 0 saturated heterocycles. The Morgan fingerprint density at radius 3 is 1.69 bits per heavy atom. The Balaban J connectivity index is 1.19. The molecule has 2 nitrogen and oxygen atoms in total. The number of aromatic nitrogens is 1. The number of nitrogens with zero attached hydrogens (tertiary/aromatic N) is 2. The summed E-state index contributed by atoms with van der Waals surface area (Å²) in [5.74, 6) is 0. The van der Waals surface area contributed by atoms with Crippen LogP contribution in [0.2, 0.25) is 0 Å². The maximum Gasteiger partial charge on any atom is 0.0541 e. The van der Waals surface area contributed by atoms with Crippen LogP contribution in [0.3, 0.4) is 0 Å². The van der Waals surface area contributed by atoms with Crippen LogP contribution >= 0.6 is 0 Å². The van der Waals surface area contributed by atoms with Gasteiger partial charge in [-0.1, -0.05) is 152 Å². The molecule has 0 bridgehead atoms. The zero-order valence-electron chi connectivity index (χ0n) is 28.5. The third-order valence-electron chi connectivity index (χ3n) is 10.3. The van der Waals surface area contributed by atoms with Crippen molar-refractivity contribution >= 4 is 60.4 Å². The molecule has 0 N–H and O–H groups in total. The van der Waals surface area contributed by atoms with Gasteiger partial charge in [0.15, 0.2) is 0 Å². The van der Waals surface area contributed by atoms with E-state index in [2.05, 4.69) is 216 Å². The van der Waals surface area contributed by atoms with Gasteiger partial charge in [0.1, 0.15) is 0 Å². The topological polar surface area (TPSA) is 8.17 Å². The molecule has 0 spiro atoms. The highest BCUT2D eigenvalue weighted by atomic mass is 15.1. The molecule has 0 unspecified atom stereocenters. The van der Waals surface area contributed by atoms with E-state index in [1.165, 1.54) is 65.6 Å². The molecule has 2 heteroatoms. The van der Waals surface area contributed by atoms with Crippen LogP contribution in [-0.2, 0) is 0 Å². The van der Waals surface area contributed by atoms with Crippen LogP contribution in [-0.4, -0.2) is 4.57 Å². The maximum absolute atomic E-state index is 2.42. The van der Waals surface area contributed by atoms with Crippen molar-refractivity contribution in [3.63, 3.8) is 0 Å². The summed E-state index contributed by atoms with van der Waals surface area (Å²) in [4.78, 5) is 2.42. The number of anilines is 3. The van der Waals surface area contributed by atoms with E-state index in [9.17, 15) is 0 Å². The predicted molar refractivity (Wildman–Crippen MR) is 221 cm³/mol. The first-order valence-electron chi connectivity index (χ1n) is 17.9. The lowest BCUT2D eigenvalue weighted by atomic mass is 9.93. The summed E-state index contributed by atoms with van der Waals surface area (Å²) < 4.78 is 2.40. The van der Waals surface area contributed by atoms with E-state index in [1.807, 2.05) is 0 Å². The molecule has 0 atom stereocenters. The molecule has 0 fully saturated rings. The van der Waals surface area contributed by atoms with Gasteiger partial charge >= 0.3 is 0 Å². The zero-order valence-corrected chi connectivity index (χ0v) is 28.5. The second kappa shape index (κ2) is 12.5. The number of para-hydroxylation sites is 2. The van der Waals surface area contributed by atoms with Crippen molar-refractivity contribution in [3.8, 4) is 27.9 Å². The average Bonchev–Trinajstić information content (AvgIpc) is 3.56. The Morgan fingerprint density at radius 2 is 0.904 bits per heavy atom. The van der Waals surface area contributed by atoms with Crippen molar-refractivity contribution in [2.24, 2.45) is 0 Å². The third-order valence-corrected chi connectivity index (χ3v) is 10.3. The molecular formula is C50H34N2. The molecule has 0 saturated carbocycles. The Labute approximate surface area is 303 Å². The van der Waals surface area contributed by atoms with Crippen LogP contribution in [0.1, 0.15) is 0 Å². The van der Waals surface area contributed by atoms with Gasteiger partial charge < -0.3 is 9.47 Å². The molecule has 52 heavy (non-hydrogen) atoms. The van der Waals surface area contributed by atoms with Gasteiger partial charge in [-0.25, -0.2) is 0 Å². The van der Waals surface area contributed by atoms with Gasteiger partial charge in [0.05, 0.1) is 16.7 Å². The number of hydrogen-bond donors (Lipinski definition) is 0. The molecule has 1 aromatic heterocycles. The van der Waals surface area contributed by atoms with E-state index in [0.717, 1.165) is 22.7 Å². The summed E-state index contributed by atoms with van der Waals surface area (Å²) in [7, 11) is 0. The van der Waals surface area contributed by atoms with Crippen molar-refractivity contribution in [3.05, 3.63) is 206 Å². The van der Waals surface area contributed by atoms with Crippen LogP contribution in [0.4, 0.5) is 17.1 Å². The van der Waals surface area contributed by atoms with Crippen molar-refractivity contribution in [1.29, 1.82) is 0 Å². The van der Waals surface area contributed by atoms with Crippen molar-refractivity contribution in [2.45, 2.75) is 0 Å². The van der Waals surface area contributed by atoms with Gasteiger partial charge in [-0.05, 0) is 93.0 Å². The first-order chi connectivity index (χ1) is 25.8. The summed E-state index contributed by atoms with van der Waals surface area (Å²) in [5.41, 5.74) is 11.7. The molecule has 10 aromatic rings. The van der Waals surface area contributed by atoms with Crippen molar-refractivity contribution in [2.75, 3.05) is 4.90 Å². The number of benzene rings is 9. The van der Waals surface area contributed by atoms with Crippen molar-refractivity contribution in [1.82, 2.24) is 4.57 Å². The van der Waals surface area contributed by atoms with Crippen LogP contribution in [0.25, 0.3) is 71.3 Å². The summed E-state index contributed by atoms with van der Waals surface area (Å²) in [6, 6.07) is 74.8. The lowest BCUT2D eigenvalue weighted by Gasteiger charge is -2.28. The Kier molecular flexibility index (Phi) is 7.18. The van der Waals surface area contributed by atoms with E-state index >= 15 is 0 Å². The van der Waals surface area contributed by atoms with Crippen LogP contribution in [0.15, 0.2) is 206 Å². The predicted octanol–water partition coefficient (Wildman–Crippen LogP) is 13.9. The second-order valence-corrected chi connectivity index (χ2v) is 13.4. The van der Waals surface area contributed by atoms with E-state index in [1.54, 1.807) is 0 Å². The highest BCUT2D eigenvalue weighted by molar-refractivity contribution is 6.09. The minimum Gasteiger partial charge on any atom is -0.310 e. The number of rotatable bonds is 6. The fourth-order valence-electron chi connectivity index (χ4n) is 7.94. The van der Waals surface area contributed by atoms with Gasteiger partial charge in [-0.3, -0.25) is 0 Å². The zero-order chi connectivity index (χ0) is 34.4. The molecule has 0 aliphatic carbocycles. The summed E-state index contributed by atoms with van der Waals surface area (Å²) >= 11 is 0. The minimum atomic E-state index is 1.10. The van der Waals surface area contributed by atoms with Gasteiger partial charge in [0.2, 0.25) is 0 Å². The number of hydrogen-bond acceptors (Lipinski definition) is 1. The standard InChI is InChI=1S/C50H34N2/c1-2-15-37(16-3-1)47-34-42(51(41-29-28-35-14-4-5-18-38(35)32-41)48-27-13-19-36-17-6-7-22-44(36)48)30-31-43(47)39-20-12-21-40(33-39)52-49-25-10-8-23-45(49)46-24-9-11-26-50(46)52/h1-34H. The minimum absolute atomic E-state index is 1.10. The second-order valence-electron chi connectivity index (χ2n) is 13.4.